The molecule has 0 saturated carbocycles. The highest BCUT2D eigenvalue weighted by atomic mass is 79.9. The largest absolute Gasteiger partial charge is 0.490 e. The summed E-state index contributed by atoms with van der Waals surface area (Å²) in [5.74, 6) is 0.365. The van der Waals surface area contributed by atoms with Gasteiger partial charge in [0.1, 0.15) is 13.2 Å². The van der Waals surface area contributed by atoms with Crippen LogP contribution >= 0.6 is 27.7 Å². The third-order valence-electron chi connectivity index (χ3n) is 6.78. The quantitative estimate of drug-likeness (QED) is 0.275. The molecule has 10 heteroatoms. The monoisotopic (exact) mass is 635 g/mol. The number of carbonyl (C=O) groups is 3. The zero-order valence-electron chi connectivity index (χ0n) is 22.6. The van der Waals surface area contributed by atoms with Gasteiger partial charge in [0.15, 0.2) is 11.5 Å². The van der Waals surface area contributed by atoms with Crippen LogP contribution < -0.4 is 14.4 Å². The number of hydrogen-bond acceptors (Lipinski definition) is 7. The first-order chi connectivity index (χ1) is 19.9. The first-order valence-electron chi connectivity index (χ1n) is 13.4. The van der Waals surface area contributed by atoms with Crippen LogP contribution in [0.25, 0.3) is 6.08 Å². The lowest BCUT2D eigenvalue weighted by molar-refractivity contribution is -0.136. The molecule has 5 rings (SSSR count). The van der Waals surface area contributed by atoms with Gasteiger partial charge in [0.05, 0.1) is 16.0 Å². The van der Waals surface area contributed by atoms with Gasteiger partial charge in [-0.25, -0.2) is 0 Å². The molecule has 0 atom stereocenters. The van der Waals surface area contributed by atoms with Gasteiger partial charge in [0.2, 0.25) is 5.91 Å². The Bertz CT molecular complexity index is 1440. The number of rotatable bonds is 9. The van der Waals surface area contributed by atoms with E-state index in [4.69, 9.17) is 9.47 Å². The predicted octanol–water partition coefficient (Wildman–Crippen LogP) is 5.81. The molecule has 212 valence electrons. The summed E-state index contributed by atoms with van der Waals surface area (Å²) in [4.78, 5) is 44.1. The second-order valence-electron chi connectivity index (χ2n) is 9.51. The van der Waals surface area contributed by atoms with Crippen molar-refractivity contribution in [3.63, 3.8) is 0 Å². The number of thioether (sulfide) groups is 1. The van der Waals surface area contributed by atoms with Crippen LogP contribution in [0.5, 0.6) is 11.5 Å². The van der Waals surface area contributed by atoms with Crippen LogP contribution in [-0.2, 0) is 16.2 Å². The van der Waals surface area contributed by atoms with Crippen LogP contribution in [0.15, 0.2) is 82.2 Å². The lowest BCUT2D eigenvalue weighted by atomic mass is 10.1. The fourth-order valence-electron chi connectivity index (χ4n) is 4.68. The molecule has 2 aliphatic heterocycles. The van der Waals surface area contributed by atoms with Crippen LogP contribution in [0.3, 0.4) is 0 Å². The van der Waals surface area contributed by atoms with Gasteiger partial charge in [0, 0.05) is 31.9 Å². The summed E-state index contributed by atoms with van der Waals surface area (Å²) < 4.78 is 12.5. The number of nitrogens with zero attached hydrogens (tertiary/aromatic N) is 3. The summed E-state index contributed by atoms with van der Waals surface area (Å²) in [6.07, 6.45) is 1.64. The van der Waals surface area contributed by atoms with Crippen molar-refractivity contribution in [1.82, 2.24) is 9.80 Å². The van der Waals surface area contributed by atoms with Crippen molar-refractivity contribution in [2.24, 2.45) is 0 Å². The Labute approximate surface area is 252 Å². The SMILES string of the molecule is CCOc1cc(/C=C2/SC(=O)N(CC(=O)N3CCN(c4ccccc4)CC3)C2=O)cc(Br)c1OCc1ccccc1. The Hall–Kier alpha value is -3.76. The molecule has 0 bridgehead atoms. The van der Waals surface area contributed by atoms with Crippen molar-refractivity contribution in [2.75, 3.05) is 44.2 Å². The van der Waals surface area contributed by atoms with Crippen molar-refractivity contribution in [3.8, 4) is 11.5 Å². The maximum Gasteiger partial charge on any atom is 0.294 e. The van der Waals surface area contributed by atoms with E-state index in [1.807, 2.05) is 73.7 Å². The van der Waals surface area contributed by atoms with E-state index in [-0.39, 0.29) is 17.4 Å². The molecule has 41 heavy (non-hydrogen) atoms. The smallest absolute Gasteiger partial charge is 0.294 e. The van der Waals surface area contributed by atoms with Crippen molar-refractivity contribution in [2.45, 2.75) is 13.5 Å². The van der Waals surface area contributed by atoms with E-state index in [9.17, 15) is 14.4 Å². The van der Waals surface area contributed by atoms with Crippen molar-refractivity contribution in [1.29, 1.82) is 0 Å². The average Bonchev–Trinajstić information content (AvgIpc) is 3.25. The molecule has 8 nitrogen and oxygen atoms in total. The number of benzene rings is 3. The lowest BCUT2D eigenvalue weighted by Gasteiger charge is -2.36. The van der Waals surface area contributed by atoms with Crippen LogP contribution in [0.1, 0.15) is 18.1 Å². The maximum absolute atomic E-state index is 13.2. The topological polar surface area (TPSA) is 79.4 Å². The zero-order valence-corrected chi connectivity index (χ0v) is 25.0. The van der Waals surface area contributed by atoms with Crippen LogP contribution in [0, 0.1) is 0 Å². The van der Waals surface area contributed by atoms with Gasteiger partial charge < -0.3 is 19.3 Å². The van der Waals surface area contributed by atoms with Gasteiger partial charge >= 0.3 is 0 Å². The molecular weight excluding hydrogens is 606 g/mol. The molecule has 2 aliphatic rings. The minimum Gasteiger partial charge on any atom is -0.490 e. The van der Waals surface area contributed by atoms with Gasteiger partial charge in [-0.3, -0.25) is 19.3 Å². The summed E-state index contributed by atoms with van der Waals surface area (Å²) in [5, 5.41) is -0.454. The second kappa shape index (κ2) is 13.3. The van der Waals surface area contributed by atoms with Gasteiger partial charge in [0.25, 0.3) is 11.1 Å². The van der Waals surface area contributed by atoms with Crippen molar-refractivity contribution < 1.29 is 23.9 Å². The average molecular weight is 637 g/mol. The van der Waals surface area contributed by atoms with Gasteiger partial charge in [-0.2, -0.15) is 0 Å². The molecule has 0 N–H and O–H groups in total. The molecule has 2 heterocycles. The molecule has 0 unspecified atom stereocenters. The van der Waals surface area contributed by atoms with Gasteiger partial charge in [-0.1, -0.05) is 48.5 Å². The molecule has 2 saturated heterocycles. The number of halogens is 1. The molecular formula is C31H30BrN3O5S. The van der Waals surface area contributed by atoms with E-state index >= 15 is 0 Å². The number of amides is 3. The van der Waals surface area contributed by atoms with E-state index < -0.39 is 11.1 Å². The highest BCUT2D eigenvalue weighted by Gasteiger charge is 2.37. The first kappa shape index (κ1) is 28.8. The maximum atomic E-state index is 13.2. The minimum absolute atomic E-state index is 0.234. The van der Waals surface area contributed by atoms with Gasteiger partial charge in [-0.05, 0) is 76.1 Å². The molecule has 3 amide bonds. The molecule has 2 fully saturated rings. The van der Waals surface area contributed by atoms with Crippen LogP contribution in [0.2, 0.25) is 0 Å². The Morgan fingerprint density at radius 2 is 1.63 bits per heavy atom. The van der Waals surface area contributed by atoms with Crippen LogP contribution in [-0.4, -0.2) is 66.2 Å². The van der Waals surface area contributed by atoms with E-state index in [2.05, 4.69) is 20.8 Å². The third-order valence-corrected chi connectivity index (χ3v) is 8.27. The summed E-state index contributed by atoms with van der Waals surface area (Å²) in [7, 11) is 0. The van der Waals surface area contributed by atoms with Crippen molar-refractivity contribution >= 4 is 56.5 Å². The summed E-state index contributed by atoms with van der Waals surface area (Å²) in [5.41, 5.74) is 2.80. The summed E-state index contributed by atoms with van der Waals surface area (Å²) >= 11 is 4.40. The standard InChI is InChI=1S/C31H30BrN3O5S/c1-2-39-26-18-23(17-25(32)29(26)40-21-22-9-5-3-6-10-22)19-27-30(37)35(31(38)41-27)20-28(36)34-15-13-33(14-16-34)24-11-7-4-8-12-24/h3-12,17-19H,2,13-16,20-21H2,1H3/b27-19+. The molecule has 0 aliphatic carbocycles. The van der Waals surface area contributed by atoms with E-state index in [1.54, 1.807) is 17.0 Å². The number of hydrogen-bond donors (Lipinski definition) is 0. The van der Waals surface area contributed by atoms with E-state index in [1.165, 1.54) is 0 Å². The summed E-state index contributed by atoms with van der Waals surface area (Å²) in [6.45, 7) is 4.86. The molecule has 3 aromatic carbocycles. The van der Waals surface area contributed by atoms with E-state index in [0.717, 1.165) is 27.9 Å². The Morgan fingerprint density at radius 3 is 2.32 bits per heavy atom. The molecule has 0 spiro atoms. The Balaban J connectivity index is 1.24. The van der Waals surface area contributed by atoms with Gasteiger partial charge in [-0.15, -0.1) is 0 Å². The van der Waals surface area contributed by atoms with Crippen molar-refractivity contribution in [3.05, 3.63) is 93.3 Å². The Morgan fingerprint density at radius 1 is 0.951 bits per heavy atom. The van der Waals surface area contributed by atoms with E-state index in [0.29, 0.717) is 60.9 Å². The number of anilines is 1. The number of para-hydroxylation sites is 1. The second-order valence-corrected chi connectivity index (χ2v) is 11.4. The summed E-state index contributed by atoms with van der Waals surface area (Å²) in [6, 6.07) is 23.5. The zero-order chi connectivity index (χ0) is 28.8. The Kier molecular flexibility index (Phi) is 9.31. The fourth-order valence-corrected chi connectivity index (χ4v) is 6.09. The fraction of sp³-hybridized carbons (Fsp3) is 0.258. The predicted molar refractivity (Wildman–Crippen MR) is 164 cm³/mol. The number of ether oxygens (including phenoxy) is 2. The normalized spacial score (nSPS) is 16.4. The highest BCUT2D eigenvalue weighted by molar-refractivity contribution is 9.10. The molecule has 3 aromatic rings. The third kappa shape index (κ3) is 6.94. The molecule has 0 radical (unpaired) electrons. The number of imide groups is 1. The minimum atomic E-state index is -0.477. The molecule has 0 aromatic heterocycles. The number of carbonyl (C=O) groups excluding carboxylic acids is 3. The highest BCUT2D eigenvalue weighted by Crippen LogP contribution is 2.39. The first-order valence-corrected chi connectivity index (χ1v) is 15.0. The lowest BCUT2D eigenvalue weighted by Crippen LogP contribution is -2.51. The number of piperazine rings is 1. The van der Waals surface area contributed by atoms with Crippen LogP contribution in [0.4, 0.5) is 10.5 Å².